The van der Waals surface area contributed by atoms with Gasteiger partial charge in [0.25, 0.3) is 0 Å². The van der Waals surface area contributed by atoms with Crippen molar-refractivity contribution < 1.29 is 9.59 Å². The summed E-state index contributed by atoms with van der Waals surface area (Å²) in [7, 11) is 2.03. The van der Waals surface area contributed by atoms with Crippen LogP contribution in [-0.4, -0.2) is 29.8 Å². The minimum atomic E-state index is -0.190. The number of amides is 2. The molecule has 1 aliphatic heterocycles. The van der Waals surface area contributed by atoms with Crippen LogP contribution in [0.5, 0.6) is 0 Å². The maximum Gasteiger partial charge on any atom is 0.224 e. The molecule has 2 aromatic rings. The van der Waals surface area contributed by atoms with Crippen molar-refractivity contribution in [3.8, 4) is 0 Å². The topological polar surface area (TPSA) is 49.4 Å². The van der Waals surface area contributed by atoms with Crippen molar-refractivity contribution in [3.63, 3.8) is 0 Å². The van der Waals surface area contributed by atoms with Crippen molar-refractivity contribution in [2.75, 3.05) is 7.05 Å². The Balaban J connectivity index is 1.23. The SMILES string of the molecule is CN1C(=O)CC[C@@]2(C)C1CC[C@@H]1[C@H]2CC[C@]2(C)C(C(=O)NC(c3ccccc3)c3ccc(Cl)cc3)CC[C@@H]12. The van der Waals surface area contributed by atoms with Crippen LogP contribution in [0.2, 0.25) is 5.02 Å². The molecule has 0 radical (unpaired) electrons. The highest BCUT2D eigenvalue weighted by Gasteiger charge is 2.62. The summed E-state index contributed by atoms with van der Waals surface area (Å²) in [5.74, 6) is 2.45. The number of benzene rings is 2. The van der Waals surface area contributed by atoms with Crippen LogP contribution in [0.25, 0.3) is 0 Å². The van der Waals surface area contributed by atoms with Gasteiger partial charge in [0.2, 0.25) is 11.8 Å². The van der Waals surface area contributed by atoms with E-state index in [1.165, 1.54) is 12.8 Å². The predicted molar refractivity (Wildman–Crippen MR) is 152 cm³/mol. The van der Waals surface area contributed by atoms with E-state index in [9.17, 15) is 9.59 Å². The van der Waals surface area contributed by atoms with Gasteiger partial charge in [0, 0.05) is 30.5 Å². The van der Waals surface area contributed by atoms with Crippen LogP contribution in [0.3, 0.4) is 0 Å². The molecule has 0 spiro atoms. The second-order valence-electron chi connectivity index (χ2n) is 13.1. The number of carbonyl (C=O) groups is 2. The summed E-state index contributed by atoms with van der Waals surface area (Å²) < 4.78 is 0. The Labute approximate surface area is 232 Å². The van der Waals surface area contributed by atoms with Gasteiger partial charge >= 0.3 is 0 Å². The van der Waals surface area contributed by atoms with Crippen LogP contribution >= 0.6 is 11.6 Å². The number of likely N-dealkylation sites (tertiary alicyclic amines) is 1. The summed E-state index contributed by atoms with van der Waals surface area (Å²) in [5, 5.41) is 4.18. The summed E-state index contributed by atoms with van der Waals surface area (Å²) in [4.78, 5) is 28.6. The maximum atomic E-state index is 14.1. The third-order valence-corrected chi connectivity index (χ3v) is 11.7. The van der Waals surface area contributed by atoms with Gasteiger partial charge in [-0.15, -0.1) is 0 Å². The summed E-state index contributed by atoms with van der Waals surface area (Å²) in [6.45, 7) is 4.88. The van der Waals surface area contributed by atoms with E-state index in [0.29, 0.717) is 41.1 Å². The van der Waals surface area contributed by atoms with Gasteiger partial charge in [-0.1, -0.05) is 67.9 Å². The first-order valence-corrected chi connectivity index (χ1v) is 15.0. The number of nitrogens with zero attached hydrogens (tertiary/aromatic N) is 1. The third kappa shape index (κ3) is 4.10. The molecule has 6 rings (SSSR count). The standard InChI is InChI=1S/C33H41ClN2O2/c1-32-19-17-26-24(13-16-28-33(26,2)20-18-29(37)36(28)3)25(32)14-15-27(32)31(38)35-30(21-7-5-4-6-8-21)22-9-11-23(34)12-10-22/h4-12,24-28,30H,13-20H2,1-3H3,(H,35,38)/t24-,25-,26+,27?,28?,30?,32-,33+/m0/s1. The van der Waals surface area contributed by atoms with E-state index in [1.54, 1.807) is 0 Å². The van der Waals surface area contributed by atoms with Crippen molar-refractivity contribution >= 4 is 23.4 Å². The van der Waals surface area contributed by atoms with Gasteiger partial charge in [-0.25, -0.2) is 0 Å². The maximum absolute atomic E-state index is 14.1. The molecule has 2 aromatic carbocycles. The number of carbonyl (C=O) groups excluding carboxylic acids is 2. The van der Waals surface area contributed by atoms with Crippen LogP contribution in [0.4, 0.5) is 0 Å². The van der Waals surface area contributed by atoms with Crippen LogP contribution < -0.4 is 5.32 Å². The monoisotopic (exact) mass is 532 g/mol. The fourth-order valence-corrected chi connectivity index (χ4v) is 9.61. The van der Waals surface area contributed by atoms with Crippen molar-refractivity contribution in [3.05, 3.63) is 70.7 Å². The molecule has 4 nitrogen and oxygen atoms in total. The number of nitrogens with one attached hydrogen (secondary N) is 1. The highest BCUT2D eigenvalue weighted by Crippen LogP contribution is 2.66. The van der Waals surface area contributed by atoms with Crippen LogP contribution in [0.1, 0.15) is 82.4 Å². The molecule has 4 aliphatic rings. The number of rotatable bonds is 4. The summed E-state index contributed by atoms with van der Waals surface area (Å²) in [5.41, 5.74) is 2.39. The largest absolute Gasteiger partial charge is 0.345 e. The Kier molecular flexibility index (Phi) is 6.61. The average Bonchev–Trinajstić information content (AvgIpc) is 3.28. The molecule has 2 amide bonds. The second kappa shape index (κ2) is 9.70. The van der Waals surface area contributed by atoms with Crippen molar-refractivity contribution in [1.82, 2.24) is 10.2 Å². The van der Waals surface area contributed by atoms with Gasteiger partial charge in [-0.05, 0) is 96.8 Å². The van der Waals surface area contributed by atoms with Crippen LogP contribution in [-0.2, 0) is 9.59 Å². The highest BCUT2D eigenvalue weighted by molar-refractivity contribution is 6.30. The van der Waals surface area contributed by atoms with E-state index in [-0.39, 0.29) is 28.7 Å². The lowest BCUT2D eigenvalue weighted by Gasteiger charge is -2.61. The van der Waals surface area contributed by atoms with E-state index in [4.69, 9.17) is 11.6 Å². The summed E-state index contributed by atoms with van der Waals surface area (Å²) >= 11 is 6.18. The molecular formula is C33H41ClN2O2. The number of hydrogen-bond acceptors (Lipinski definition) is 2. The first-order chi connectivity index (χ1) is 18.2. The number of piperidine rings is 1. The van der Waals surface area contributed by atoms with Gasteiger partial charge < -0.3 is 10.2 Å². The lowest BCUT2D eigenvalue weighted by molar-refractivity contribution is -0.159. The van der Waals surface area contributed by atoms with Crippen LogP contribution in [0.15, 0.2) is 54.6 Å². The quantitative estimate of drug-likeness (QED) is 0.459. The Bertz CT molecular complexity index is 1200. The average molecular weight is 533 g/mol. The molecule has 0 aromatic heterocycles. The summed E-state index contributed by atoms with van der Waals surface area (Å²) in [6.07, 6.45) is 8.40. The number of fused-ring (bicyclic) bond motifs is 5. The number of hydrogen-bond donors (Lipinski definition) is 1. The first-order valence-electron chi connectivity index (χ1n) is 14.6. The molecule has 38 heavy (non-hydrogen) atoms. The predicted octanol–water partition coefficient (Wildman–Crippen LogP) is 7.03. The zero-order chi connectivity index (χ0) is 26.7. The normalized spacial score (nSPS) is 37.1. The molecule has 5 heteroatoms. The Morgan fingerprint density at radius 3 is 2.32 bits per heavy atom. The fraction of sp³-hybridized carbons (Fsp3) is 0.576. The smallest absolute Gasteiger partial charge is 0.224 e. The van der Waals surface area contributed by atoms with E-state index in [2.05, 4.69) is 36.2 Å². The van der Waals surface area contributed by atoms with Crippen LogP contribution in [0, 0.1) is 34.5 Å². The van der Waals surface area contributed by atoms with Crippen molar-refractivity contribution in [2.24, 2.45) is 34.5 Å². The van der Waals surface area contributed by atoms with Gasteiger partial charge in [-0.2, -0.15) is 0 Å². The van der Waals surface area contributed by atoms with Crippen molar-refractivity contribution in [2.45, 2.75) is 77.3 Å². The summed E-state index contributed by atoms with van der Waals surface area (Å²) in [6, 6.07) is 18.3. The Morgan fingerprint density at radius 1 is 0.895 bits per heavy atom. The molecule has 1 heterocycles. The van der Waals surface area contributed by atoms with E-state index in [0.717, 1.165) is 43.2 Å². The second-order valence-corrected chi connectivity index (χ2v) is 13.5. The van der Waals surface area contributed by atoms with Gasteiger partial charge in [-0.3, -0.25) is 9.59 Å². The fourth-order valence-electron chi connectivity index (χ4n) is 9.48. The lowest BCUT2D eigenvalue weighted by atomic mass is 9.47. The molecule has 1 saturated heterocycles. The van der Waals surface area contributed by atoms with Gasteiger partial charge in [0.05, 0.1) is 6.04 Å². The van der Waals surface area contributed by atoms with E-state index in [1.807, 2.05) is 49.5 Å². The zero-order valence-corrected chi connectivity index (χ0v) is 23.7. The van der Waals surface area contributed by atoms with E-state index >= 15 is 0 Å². The van der Waals surface area contributed by atoms with Crippen molar-refractivity contribution in [1.29, 1.82) is 0 Å². The molecule has 1 N–H and O–H groups in total. The molecule has 4 fully saturated rings. The molecular weight excluding hydrogens is 492 g/mol. The third-order valence-electron chi connectivity index (χ3n) is 11.5. The molecule has 3 aliphatic carbocycles. The Hall–Kier alpha value is -2.33. The first kappa shape index (κ1) is 25.9. The molecule has 8 atom stereocenters. The Morgan fingerprint density at radius 2 is 1.58 bits per heavy atom. The van der Waals surface area contributed by atoms with Gasteiger partial charge in [0.15, 0.2) is 0 Å². The molecule has 3 saturated carbocycles. The zero-order valence-electron chi connectivity index (χ0n) is 23.0. The van der Waals surface area contributed by atoms with Gasteiger partial charge in [0.1, 0.15) is 0 Å². The van der Waals surface area contributed by atoms with E-state index < -0.39 is 0 Å². The lowest BCUT2D eigenvalue weighted by Crippen LogP contribution is -2.61. The molecule has 0 bridgehead atoms. The minimum Gasteiger partial charge on any atom is -0.345 e. The molecule has 202 valence electrons. The minimum absolute atomic E-state index is 0.0338. The number of halogens is 1. The molecule has 3 unspecified atom stereocenters. The highest BCUT2D eigenvalue weighted by atomic mass is 35.5.